The third-order valence-electron chi connectivity index (χ3n) is 6.58. The molecule has 1 N–H and O–H groups in total. The van der Waals surface area contributed by atoms with E-state index in [2.05, 4.69) is 5.32 Å². The van der Waals surface area contributed by atoms with Crippen LogP contribution >= 0.6 is 0 Å². The topological polar surface area (TPSA) is 103 Å². The summed E-state index contributed by atoms with van der Waals surface area (Å²) in [5, 5.41) is 2.89. The van der Waals surface area contributed by atoms with Crippen LogP contribution in [-0.2, 0) is 27.4 Å². The summed E-state index contributed by atoms with van der Waals surface area (Å²) < 4.78 is 12.6. The molecule has 2 heterocycles. The summed E-state index contributed by atoms with van der Waals surface area (Å²) in [4.78, 5) is 45.8. The van der Waals surface area contributed by atoms with Crippen molar-refractivity contribution in [1.29, 1.82) is 0 Å². The normalized spacial score (nSPS) is 15.8. The number of imidazole rings is 1. The lowest BCUT2D eigenvalue weighted by Gasteiger charge is -2.39. The van der Waals surface area contributed by atoms with E-state index < -0.39 is 34.5 Å². The summed E-state index contributed by atoms with van der Waals surface area (Å²) >= 11 is 0. The summed E-state index contributed by atoms with van der Waals surface area (Å²) in [5.74, 6) is -0.417. The van der Waals surface area contributed by atoms with Gasteiger partial charge in [-0.25, -0.2) is 14.6 Å². The average molecular weight is 499 g/mol. The van der Waals surface area contributed by atoms with Crippen molar-refractivity contribution in [2.24, 2.45) is 5.41 Å². The van der Waals surface area contributed by atoms with Gasteiger partial charge in [0.05, 0.1) is 19.3 Å². The zero-order chi connectivity index (χ0) is 26.9. The third kappa shape index (κ3) is 5.55. The molecule has 3 rings (SSSR count). The Morgan fingerprint density at radius 2 is 1.61 bits per heavy atom. The molecule has 1 aromatic heterocycles. The second-order valence-corrected chi connectivity index (χ2v) is 11.3. The molecule has 9 nitrogen and oxygen atoms in total. The van der Waals surface area contributed by atoms with Gasteiger partial charge >= 0.3 is 12.1 Å². The fourth-order valence-corrected chi connectivity index (χ4v) is 4.07. The monoisotopic (exact) mass is 498 g/mol. The Morgan fingerprint density at radius 3 is 2.17 bits per heavy atom. The second-order valence-electron chi connectivity index (χ2n) is 11.3. The van der Waals surface area contributed by atoms with Crippen LogP contribution in [0.4, 0.5) is 4.79 Å². The molecule has 1 atom stereocenters. The summed E-state index contributed by atoms with van der Waals surface area (Å²) in [7, 11) is 1.30. The van der Waals surface area contributed by atoms with Crippen LogP contribution in [0.25, 0.3) is 11.4 Å². The highest BCUT2D eigenvalue weighted by Gasteiger charge is 2.47. The molecule has 0 saturated carbocycles. The number of rotatable bonds is 4. The molecule has 0 spiro atoms. The lowest BCUT2D eigenvalue weighted by Crippen LogP contribution is -2.60. The fraction of sp³-hybridized carbons (Fsp3) is 0.556. The zero-order valence-corrected chi connectivity index (χ0v) is 22.6. The Balaban J connectivity index is 2.09. The largest absolute Gasteiger partial charge is 0.467 e. The number of ether oxygens (including phenoxy) is 2. The first-order valence-electron chi connectivity index (χ1n) is 12.2. The number of carbonyl (C=O) groups is 3. The predicted octanol–water partition coefficient (Wildman–Crippen LogP) is 4.40. The van der Waals surface area contributed by atoms with E-state index in [1.54, 1.807) is 11.8 Å². The van der Waals surface area contributed by atoms with Gasteiger partial charge in [0.1, 0.15) is 17.0 Å². The van der Waals surface area contributed by atoms with Crippen LogP contribution < -0.4 is 5.32 Å². The van der Waals surface area contributed by atoms with E-state index in [4.69, 9.17) is 14.5 Å². The number of hydrogen-bond acceptors (Lipinski definition) is 6. The molecule has 0 saturated heterocycles. The molecular weight excluding hydrogens is 460 g/mol. The minimum atomic E-state index is -1.31. The van der Waals surface area contributed by atoms with Crippen molar-refractivity contribution >= 4 is 18.0 Å². The van der Waals surface area contributed by atoms with Crippen LogP contribution in [-0.4, -0.2) is 57.2 Å². The van der Waals surface area contributed by atoms with Crippen molar-refractivity contribution in [3.8, 4) is 11.4 Å². The maximum atomic E-state index is 13.7. The third-order valence-corrected chi connectivity index (χ3v) is 6.58. The van der Waals surface area contributed by atoms with Crippen molar-refractivity contribution in [3.05, 3.63) is 41.7 Å². The minimum absolute atomic E-state index is 0.155. The smallest absolute Gasteiger partial charge is 0.410 e. The number of amides is 2. The first-order chi connectivity index (χ1) is 16.7. The molecule has 1 aliphatic rings. The van der Waals surface area contributed by atoms with Crippen molar-refractivity contribution in [1.82, 2.24) is 19.8 Å². The molecule has 0 fully saturated rings. The van der Waals surface area contributed by atoms with Gasteiger partial charge in [0, 0.05) is 18.7 Å². The molecule has 1 aliphatic heterocycles. The Kier molecular flexibility index (Phi) is 7.53. The second kappa shape index (κ2) is 9.95. The summed E-state index contributed by atoms with van der Waals surface area (Å²) in [6, 6.07) is 9.60. The Labute approximate surface area is 213 Å². The van der Waals surface area contributed by atoms with Crippen LogP contribution in [0.3, 0.4) is 0 Å². The van der Waals surface area contributed by atoms with Gasteiger partial charge in [-0.2, -0.15) is 0 Å². The van der Waals surface area contributed by atoms with Gasteiger partial charge in [-0.15, -0.1) is 0 Å². The van der Waals surface area contributed by atoms with Crippen LogP contribution in [0.15, 0.2) is 30.3 Å². The maximum absolute atomic E-state index is 13.7. The quantitative estimate of drug-likeness (QED) is 0.627. The number of methoxy groups -OCH3 is 1. The zero-order valence-electron chi connectivity index (χ0n) is 22.6. The Hall–Kier alpha value is -3.36. The standard InChI is InChI=1S/C27H38N4O5/c1-25(2,3)27(7,23(33)35-8)29-22(32)20-19-17-30(24(34)36-26(4,5)6)15-12-16-31(19)21(28-20)18-13-10-9-11-14-18/h9-11,13-14H,12,15-17H2,1-8H3,(H,29,32)/t27-/m0/s1. The summed E-state index contributed by atoms with van der Waals surface area (Å²) in [6.07, 6.45) is 0.226. The Bertz CT molecular complexity index is 1130. The predicted molar refractivity (Wildman–Crippen MR) is 136 cm³/mol. The van der Waals surface area contributed by atoms with E-state index in [-0.39, 0.29) is 12.2 Å². The van der Waals surface area contributed by atoms with Gasteiger partial charge in [-0.1, -0.05) is 51.1 Å². The van der Waals surface area contributed by atoms with E-state index in [1.807, 2.05) is 76.4 Å². The fourth-order valence-electron chi connectivity index (χ4n) is 4.07. The first kappa shape index (κ1) is 27.2. The molecule has 0 radical (unpaired) electrons. The highest BCUT2D eigenvalue weighted by atomic mass is 16.6. The number of aromatic nitrogens is 2. The summed E-state index contributed by atoms with van der Waals surface area (Å²) in [5.41, 5.74) is -0.974. The van der Waals surface area contributed by atoms with E-state index in [0.29, 0.717) is 31.0 Å². The molecule has 0 bridgehead atoms. The number of esters is 1. The molecule has 0 aliphatic carbocycles. The van der Waals surface area contributed by atoms with Crippen molar-refractivity contribution in [2.45, 2.75) is 79.1 Å². The number of hydrogen-bond donors (Lipinski definition) is 1. The lowest BCUT2D eigenvalue weighted by molar-refractivity contribution is -0.152. The SMILES string of the molecule is COC(=O)[C@](C)(NC(=O)c1nc(-c2ccccc2)n2c1CN(C(=O)OC(C)(C)C)CCC2)C(C)(C)C. The summed E-state index contributed by atoms with van der Waals surface area (Å²) in [6.45, 7) is 13.9. The van der Waals surface area contributed by atoms with Crippen LogP contribution in [0.1, 0.15) is 71.1 Å². The van der Waals surface area contributed by atoms with Crippen molar-refractivity contribution in [3.63, 3.8) is 0 Å². The van der Waals surface area contributed by atoms with Gasteiger partial charge in [-0.05, 0) is 39.5 Å². The lowest BCUT2D eigenvalue weighted by atomic mass is 9.74. The average Bonchev–Trinajstić information content (AvgIpc) is 2.99. The number of carbonyl (C=O) groups excluding carboxylic acids is 3. The van der Waals surface area contributed by atoms with E-state index in [1.165, 1.54) is 7.11 Å². The molecule has 2 aromatic rings. The van der Waals surface area contributed by atoms with Gasteiger partial charge in [0.25, 0.3) is 5.91 Å². The van der Waals surface area contributed by atoms with Crippen molar-refractivity contribution < 1.29 is 23.9 Å². The molecule has 9 heteroatoms. The molecular formula is C27H38N4O5. The number of fused-ring (bicyclic) bond motifs is 1. The highest BCUT2D eigenvalue weighted by Crippen LogP contribution is 2.33. The highest BCUT2D eigenvalue weighted by molar-refractivity contribution is 5.98. The number of nitrogens with one attached hydrogen (secondary N) is 1. The van der Waals surface area contributed by atoms with Gasteiger partial charge in [-0.3, -0.25) is 4.79 Å². The molecule has 36 heavy (non-hydrogen) atoms. The Morgan fingerprint density at radius 1 is 0.972 bits per heavy atom. The minimum Gasteiger partial charge on any atom is -0.467 e. The van der Waals surface area contributed by atoms with Gasteiger partial charge in [0.15, 0.2) is 5.69 Å². The van der Waals surface area contributed by atoms with Gasteiger partial charge in [0.2, 0.25) is 0 Å². The van der Waals surface area contributed by atoms with Crippen LogP contribution in [0, 0.1) is 5.41 Å². The molecule has 196 valence electrons. The first-order valence-corrected chi connectivity index (χ1v) is 12.2. The van der Waals surface area contributed by atoms with E-state index in [0.717, 1.165) is 5.56 Å². The van der Waals surface area contributed by atoms with Crippen molar-refractivity contribution in [2.75, 3.05) is 13.7 Å². The number of benzene rings is 1. The maximum Gasteiger partial charge on any atom is 0.410 e. The molecule has 0 unspecified atom stereocenters. The van der Waals surface area contributed by atoms with Crippen LogP contribution in [0.2, 0.25) is 0 Å². The van der Waals surface area contributed by atoms with Gasteiger partial charge < -0.3 is 24.3 Å². The molecule has 1 aromatic carbocycles. The van der Waals surface area contributed by atoms with E-state index in [9.17, 15) is 14.4 Å². The molecule has 2 amide bonds. The van der Waals surface area contributed by atoms with Crippen LogP contribution in [0.5, 0.6) is 0 Å². The van der Waals surface area contributed by atoms with E-state index >= 15 is 0 Å². The number of nitrogens with zero attached hydrogens (tertiary/aromatic N) is 3.